The molecule has 0 aromatic heterocycles. The lowest BCUT2D eigenvalue weighted by Crippen LogP contribution is -2.03. The Morgan fingerprint density at radius 3 is 2.40 bits per heavy atom. The molecular formula is C7H10N2S. The number of rotatable bonds is 1. The van der Waals surface area contributed by atoms with Crippen LogP contribution < -0.4 is 10.0 Å². The molecule has 1 rings (SSSR count). The van der Waals surface area contributed by atoms with Gasteiger partial charge in [0.05, 0.1) is 11.4 Å². The summed E-state index contributed by atoms with van der Waals surface area (Å²) in [7, 11) is 1.84. The molecule has 0 fully saturated rings. The molecule has 0 atom stereocenters. The van der Waals surface area contributed by atoms with E-state index in [-0.39, 0.29) is 0 Å². The first-order chi connectivity index (χ1) is 4.72. The normalized spacial score (nSPS) is 9.40. The Balaban J connectivity index is 3.03. The van der Waals surface area contributed by atoms with Gasteiger partial charge in [-0.3, -0.25) is 0 Å². The van der Waals surface area contributed by atoms with Gasteiger partial charge in [-0.1, -0.05) is 24.9 Å². The van der Waals surface area contributed by atoms with Crippen molar-refractivity contribution in [1.82, 2.24) is 0 Å². The Hall–Kier alpha value is -0.830. The van der Waals surface area contributed by atoms with E-state index in [4.69, 9.17) is 5.73 Å². The van der Waals surface area contributed by atoms with E-state index in [2.05, 4.69) is 12.8 Å². The minimum atomic E-state index is 0.750. The van der Waals surface area contributed by atoms with Gasteiger partial charge in [0, 0.05) is 7.05 Å². The summed E-state index contributed by atoms with van der Waals surface area (Å²) in [5.74, 6) is 0. The van der Waals surface area contributed by atoms with E-state index in [1.807, 2.05) is 31.3 Å². The van der Waals surface area contributed by atoms with Crippen molar-refractivity contribution in [3.63, 3.8) is 0 Å². The molecule has 0 bridgehead atoms. The van der Waals surface area contributed by atoms with E-state index in [0.717, 1.165) is 11.4 Å². The number of anilines is 2. The molecule has 2 N–H and O–H groups in total. The van der Waals surface area contributed by atoms with E-state index in [9.17, 15) is 0 Å². The first kappa shape index (κ1) is 7.28. The fourth-order valence-electron chi connectivity index (χ4n) is 0.782. The van der Waals surface area contributed by atoms with Gasteiger partial charge < -0.3 is 10.0 Å². The van der Waals surface area contributed by atoms with Gasteiger partial charge in [-0.15, -0.1) is 0 Å². The number of benzene rings is 1. The lowest BCUT2D eigenvalue weighted by atomic mass is 10.3. The molecule has 0 saturated carbocycles. The lowest BCUT2D eigenvalue weighted by molar-refractivity contribution is 1.38. The molecule has 0 spiro atoms. The molecule has 0 radical (unpaired) electrons. The fourth-order valence-corrected chi connectivity index (χ4v) is 0.964. The van der Waals surface area contributed by atoms with Crippen LogP contribution in [0, 0.1) is 0 Å². The van der Waals surface area contributed by atoms with Gasteiger partial charge in [0.15, 0.2) is 0 Å². The van der Waals surface area contributed by atoms with Gasteiger partial charge in [0.1, 0.15) is 0 Å². The van der Waals surface area contributed by atoms with Crippen molar-refractivity contribution in [2.24, 2.45) is 0 Å². The maximum absolute atomic E-state index is 5.63. The van der Waals surface area contributed by atoms with Gasteiger partial charge in [0.2, 0.25) is 0 Å². The molecule has 0 aliphatic heterocycles. The maximum atomic E-state index is 5.63. The topological polar surface area (TPSA) is 29.3 Å². The Morgan fingerprint density at radius 2 is 2.00 bits per heavy atom. The monoisotopic (exact) mass is 154 g/mol. The number of hydrogen-bond donors (Lipinski definition) is 2. The molecule has 54 valence electrons. The van der Waals surface area contributed by atoms with Crippen molar-refractivity contribution in [2.45, 2.75) is 0 Å². The number of nitrogens with two attached hydrogens (primary N) is 1. The van der Waals surface area contributed by atoms with Crippen LogP contribution >= 0.6 is 12.8 Å². The van der Waals surface area contributed by atoms with Crippen molar-refractivity contribution in [2.75, 3.05) is 17.1 Å². The average molecular weight is 154 g/mol. The predicted molar refractivity (Wildman–Crippen MR) is 48.2 cm³/mol. The van der Waals surface area contributed by atoms with Crippen molar-refractivity contribution >= 4 is 24.2 Å². The third kappa shape index (κ3) is 1.36. The second-order valence-electron chi connectivity index (χ2n) is 2.08. The van der Waals surface area contributed by atoms with Gasteiger partial charge in [-0.2, -0.15) is 0 Å². The van der Waals surface area contributed by atoms with Gasteiger partial charge in [-0.25, -0.2) is 0 Å². The number of nitrogens with zero attached hydrogens (tertiary/aromatic N) is 1. The molecular weight excluding hydrogens is 144 g/mol. The van der Waals surface area contributed by atoms with Gasteiger partial charge in [-0.05, 0) is 12.1 Å². The molecule has 0 amide bonds. The Kier molecular flexibility index (Phi) is 2.06. The van der Waals surface area contributed by atoms with E-state index in [1.54, 1.807) is 4.31 Å². The van der Waals surface area contributed by atoms with Crippen LogP contribution in [0.25, 0.3) is 0 Å². The van der Waals surface area contributed by atoms with Crippen molar-refractivity contribution in [3.8, 4) is 0 Å². The highest BCUT2D eigenvalue weighted by molar-refractivity contribution is 7.81. The molecule has 2 nitrogen and oxygen atoms in total. The number of para-hydroxylation sites is 2. The number of nitrogen functional groups attached to an aromatic ring is 1. The molecule has 1 aromatic rings. The summed E-state index contributed by atoms with van der Waals surface area (Å²) in [5.41, 5.74) is 7.32. The minimum absolute atomic E-state index is 0.750. The lowest BCUT2D eigenvalue weighted by Gasteiger charge is -2.12. The van der Waals surface area contributed by atoms with Crippen LogP contribution in [0.3, 0.4) is 0 Å². The Labute approximate surface area is 66.2 Å². The van der Waals surface area contributed by atoms with E-state index >= 15 is 0 Å². The summed E-state index contributed by atoms with van der Waals surface area (Å²) in [6.07, 6.45) is 0. The van der Waals surface area contributed by atoms with E-state index < -0.39 is 0 Å². The zero-order valence-corrected chi connectivity index (χ0v) is 6.68. The van der Waals surface area contributed by atoms with Crippen LogP contribution in [0.2, 0.25) is 0 Å². The molecule has 0 saturated heterocycles. The molecule has 10 heavy (non-hydrogen) atoms. The number of thiol groups is 1. The largest absolute Gasteiger partial charge is 0.397 e. The quantitative estimate of drug-likeness (QED) is 0.474. The molecule has 3 heteroatoms. The second kappa shape index (κ2) is 2.84. The first-order valence-electron chi connectivity index (χ1n) is 2.99. The smallest absolute Gasteiger partial charge is 0.0694 e. The summed E-state index contributed by atoms with van der Waals surface area (Å²) in [6.45, 7) is 0. The summed E-state index contributed by atoms with van der Waals surface area (Å²) in [4.78, 5) is 0. The average Bonchev–Trinajstić information content (AvgIpc) is 1.88. The zero-order chi connectivity index (χ0) is 7.56. The fraction of sp³-hybridized carbons (Fsp3) is 0.143. The van der Waals surface area contributed by atoms with Crippen molar-refractivity contribution < 1.29 is 0 Å². The SMILES string of the molecule is CN(S)c1ccccc1N. The van der Waals surface area contributed by atoms with Gasteiger partial charge in [0.25, 0.3) is 0 Å². The van der Waals surface area contributed by atoms with Crippen LogP contribution in [0.1, 0.15) is 0 Å². The minimum Gasteiger partial charge on any atom is -0.397 e. The van der Waals surface area contributed by atoms with Crippen LogP contribution in [-0.2, 0) is 0 Å². The highest BCUT2D eigenvalue weighted by atomic mass is 32.1. The molecule has 0 unspecified atom stereocenters. The standard InChI is InChI=1S/C7H10N2S/c1-9(10)7-5-3-2-4-6(7)8/h2-5,10H,8H2,1H3. The predicted octanol–water partition coefficient (Wildman–Crippen LogP) is 1.55. The zero-order valence-electron chi connectivity index (χ0n) is 5.78. The van der Waals surface area contributed by atoms with Crippen molar-refractivity contribution in [1.29, 1.82) is 0 Å². The van der Waals surface area contributed by atoms with E-state index in [0.29, 0.717) is 0 Å². The highest BCUT2D eigenvalue weighted by Gasteiger charge is 1.97. The highest BCUT2D eigenvalue weighted by Crippen LogP contribution is 2.21. The third-order valence-electron chi connectivity index (χ3n) is 1.29. The van der Waals surface area contributed by atoms with Crippen LogP contribution in [0.15, 0.2) is 24.3 Å². The number of hydrogen-bond acceptors (Lipinski definition) is 3. The molecule has 1 aromatic carbocycles. The third-order valence-corrected chi connectivity index (χ3v) is 1.50. The van der Waals surface area contributed by atoms with Crippen molar-refractivity contribution in [3.05, 3.63) is 24.3 Å². The van der Waals surface area contributed by atoms with E-state index in [1.165, 1.54) is 0 Å². The molecule has 0 aliphatic carbocycles. The van der Waals surface area contributed by atoms with Crippen LogP contribution in [0.5, 0.6) is 0 Å². The summed E-state index contributed by atoms with van der Waals surface area (Å²) < 4.78 is 1.69. The Bertz CT molecular complexity index is 223. The first-order valence-corrected chi connectivity index (χ1v) is 3.39. The summed E-state index contributed by atoms with van der Waals surface area (Å²) in [5, 5.41) is 0. The summed E-state index contributed by atoms with van der Waals surface area (Å²) >= 11 is 4.11. The molecule has 0 aliphatic rings. The summed E-state index contributed by atoms with van der Waals surface area (Å²) in [6, 6.07) is 7.60. The maximum Gasteiger partial charge on any atom is 0.0694 e. The second-order valence-corrected chi connectivity index (χ2v) is 2.68. The van der Waals surface area contributed by atoms with Crippen LogP contribution in [-0.4, -0.2) is 7.05 Å². The van der Waals surface area contributed by atoms with Gasteiger partial charge >= 0.3 is 0 Å². The van der Waals surface area contributed by atoms with Crippen LogP contribution in [0.4, 0.5) is 11.4 Å². The Morgan fingerprint density at radius 1 is 1.40 bits per heavy atom. The molecule has 0 heterocycles.